The Kier molecular flexibility index (Phi) is 14.8. The second kappa shape index (κ2) is 19.6. The van der Waals surface area contributed by atoms with Crippen LogP contribution in [0.5, 0.6) is 0 Å². The van der Waals surface area contributed by atoms with Crippen molar-refractivity contribution in [2.75, 3.05) is 26.2 Å². The summed E-state index contributed by atoms with van der Waals surface area (Å²) in [4.78, 5) is 86.2. The fraction of sp³-hybridized carbons (Fsp3) is 0.385. The van der Waals surface area contributed by atoms with Gasteiger partial charge in [0.05, 0.1) is 17.6 Å². The van der Waals surface area contributed by atoms with Crippen molar-refractivity contribution in [3.8, 4) is 0 Å². The van der Waals surface area contributed by atoms with Crippen molar-refractivity contribution >= 4 is 46.5 Å². The number of nitrogens with one attached hydrogen (secondary N) is 4. The Morgan fingerprint density at radius 1 is 0.907 bits per heavy atom. The van der Waals surface area contributed by atoms with Crippen molar-refractivity contribution in [2.24, 2.45) is 5.92 Å². The van der Waals surface area contributed by atoms with E-state index in [1.807, 2.05) is 36.4 Å². The molecule has 4 aromatic rings. The molecule has 2 aromatic heterocycles. The fourth-order valence-electron chi connectivity index (χ4n) is 5.87. The lowest BCUT2D eigenvalue weighted by atomic mass is 10.0. The van der Waals surface area contributed by atoms with E-state index in [1.165, 1.54) is 17.3 Å². The summed E-state index contributed by atoms with van der Waals surface area (Å²) in [7, 11) is 0. The van der Waals surface area contributed by atoms with Gasteiger partial charge in [-0.1, -0.05) is 44.2 Å². The SMILES string of the molecule is CC(=O)O.CC(C)Cc1nc2ccc3cc2n1CCCNC(=O)[C@@H](C)NC(=O)[C@H](Cc1ccccc1)NC(=O)CN(C(=O)c1ccncc1)CCNC3=O. The maximum atomic E-state index is 13.6. The first-order chi connectivity index (χ1) is 25.8. The Hall–Kier alpha value is -6.12. The van der Waals surface area contributed by atoms with E-state index >= 15 is 0 Å². The van der Waals surface area contributed by atoms with Gasteiger partial charge in [0.15, 0.2) is 0 Å². The largest absolute Gasteiger partial charge is 0.481 e. The number of aromatic nitrogens is 3. The van der Waals surface area contributed by atoms with E-state index in [0.29, 0.717) is 36.6 Å². The van der Waals surface area contributed by atoms with Gasteiger partial charge in [0.25, 0.3) is 17.8 Å². The lowest BCUT2D eigenvalue weighted by Gasteiger charge is -2.25. The second-order valence-electron chi connectivity index (χ2n) is 13.4. The first-order valence-electron chi connectivity index (χ1n) is 17.9. The van der Waals surface area contributed by atoms with Crippen molar-refractivity contribution in [1.29, 1.82) is 0 Å². The molecule has 15 heteroatoms. The molecule has 0 spiro atoms. The number of carboxylic acid groups (broad SMARTS) is 1. The summed E-state index contributed by atoms with van der Waals surface area (Å²) in [5, 5.41) is 18.7. The molecule has 15 nitrogen and oxygen atoms in total. The summed E-state index contributed by atoms with van der Waals surface area (Å²) in [5.41, 5.74) is 3.12. The minimum Gasteiger partial charge on any atom is -0.481 e. The molecule has 0 unspecified atom stereocenters. The highest BCUT2D eigenvalue weighted by atomic mass is 16.4. The van der Waals surface area contributed by atoms with Crippen LogP contribution in [-0.4, -0.2) is 98.3 Å². The van der Waals surface area contributed by atoms with Gasteiger partial charge in [-0.2, -0.15) is 0 Å². The Bertz CT molecular complexity index is 1930. The van der Waals surface area contributed by atoms with Gasteiger partial charge in [-0.15, -0.1) is 0 Å². The van der Waals surface area contributed by atoms with Gasteiger partial charge >= 0.3 is 0 Å². The van der Waals surface area contributed by atoms with E-state index in [2.05, 4.69) is 44.7 Å². The van der Waals surface area contributed by atoms with Gasteiger partial charge in [0.1, 0.15) is 17.9 Å². The fourth-order valence-corrected chi connectivity index (χ4v) is 5.87. The molecule has 0 saturated heterocycles. The number of carboxylic acids is 1. The predicted molar refractivity (Wildman–Crippen MR) is 201 cm³/mol. The van der Waals surface area contributed by atoms with Gasteiger partial charge in [-0.3, -0.25) is 33.8 Å². The quantitative estimate of drug-likeness (QED) is 0.204. The van der Waals surface area contributed by atoms with Crippen LogP contribution in [0.1, 0.15) is 66.2 Å². The minimum atomic E-state index is -1.03. The van der Waals surface area contributed by atoms with Gasteiger partial charge < -0.3 is 35.8 Å². The van der Waals surface area contributed by atoms with E-state index in [4.69, 9.17) is 14.9 Å². The lowest BCUT2D eigenvalue weighted by molar-refractivity contribution is -0.134. The monoisotopic (exact) mass is 740 g/mol. The van der Waals surface area contributed by atoms with Crippen LogP contribution >= 0.6 is 0 Å². The number of fused-ring (bicyclic) bond motifs is 1. The molecule has 5 N–H and O–H groups in total. The molecule has 5 rings (SSSR count). The third-order valence-electron chi connectivity index (χ3n) is 8.44. The second-order valence-corrected chi connectivity index (χ2v) is 13.4. The molecule has 0 fully saturated rings. The smallest absolute Gasteiger partial charge is 0.300 e. The first-order valence-corrected chi connectivity index (χ1v) is 17.9. The normalized spacial score (nSPS) is 17.7. The molecule has 3 heterocycles. The number of aliphatic carboxylic acids is 1. The zero-order chi connectivity index (χ0) is 39.2. The summed E-state index contributed by atoms with van der Waals surface area (Å²) in [6, 6.07) is 15.7. The molecule has 0 saturated carbocycles. The highest BCUT2D eigenvalue weighted by Crippen LogP contribution is 2.21. The number of carbonyl (C=O) groups is 6. The molecule has 2 bridgehead atoms. The van der Waals surface area contributed by atoms with Crippen LogP contribution in [0, 0.1) is 5.92 Å². The summed E-state index contributed by atoms with van der Waals surface area (Å²) in [6.45, 7) is 7.53. The van der Waals surface area contributed by atoms with Gasteiger partial charge in [-0.25, -0.2) is 4.98 Å². The van der Waals surface area contributed by atoms with Crippen LogP contribution in [0.25, 0.3) is 11.0 Å². The van der Waals surface area contributed by atoms with Crippen molar-refractivity contribution in [3.05, 3.63) is 95.6 Å². The Balaban J connectivity index is 0.00000155. The number of amides is 5. The van der Waals surface area contributed by atoms with Crippen molar-refractivity contribution < 1.29 is 33.9 Å². The number of pyridine rings is 1. The third-order valence-corrected chi connectivity index (χ3v) is 8.44. The molecule has 54 heavy (non-hydrogen) atoms. The molecule has 2 aromatic carbocycles. The van der Waals surface area contributed by atoms with E-state index in [9.17, 15) is 24.0 Å². The Labute approximate surface area is 313 Å². The molecular weight excluding hydrogens is 692 g/mol. The van der Waals surface area contributed by atoms with Crippen LogP contribution < -0.4 is 21.3 Å². The molecule has 1 aliphatic heterocycles. The highest BCUT2D eigenvalue weighted by Gasteiger charge is 2.27. The lowest BCUT2D eigenvalue weighted by Crippen LogP contribution is -2.55. The van der Waals surface area contributed by atoms with Gasteiger partial charge in [0, 0.05) is 69.5 Å². The van der Waals surface area contributed by atoms with Crippen molar-refractivity contribution in [3.63, 3.8) is 0 Å². The number of hydrogen-bond acceptors (Lipinski definition) is 8. The zero-order valence-electron chi connectivity index (χ0n) is 31.0. The van der Waals surface area contributed by atoms with Crippen LogP contribution in [0.3, 0.4) is 0 Å². The molecule has 0 radical (unpaired) electrons. The zero-order valence-corrected chi connectivity index (χ0v) is 31.0. The molecule has 5 amide bonds. The van der Waals surface area contributed by atoms with E-state index < -0.39 is 35.8 Å². The van der Waals surface area contributed by atoms with Crippen LogP contribution in [0.15, 0.2) is 73.1 Å². The molecule has 1 aliphatic rings. The predicted octanol–water partition coefficient (Wildman–Crippen LogP) is 2.35. The first kappa shape index (κ1) is 40.6. The van der Waals surface area contributed by atoms with E-state index in [1.54, 1.807) is 31.2 Å². The number of rotatable bonds is 5. The number of imidazole rings is 1. The average molecular weight is 741 g/mol. The number of carbonyl (C=O) groups excluding carboxylic acids is 5. The summed E-state index contributed by atoms with van der Waals surface area (Å²) >= 11 is 0. The standard InChI is InChI=1S/C37H44N8O5.C2H4O2/c1-24(2)20-32-42-29-11-10-28-22-31(29)45(32)18-7-14-39-34(47)25(3)41-36(49)30(21-26-8-5-4-6-9-26)43-33(46)23-44(19-17-40-35(28)48)37(50)27-12-15-38-16-13-27;1-2(3)4/h4-6,8-13,15-16,22,24-25,30H,7,14,17-21,23H2,1-3H3,(H,39,47)(H,40,48)(H,41,49)(H,43,46);1H3,(H,3,4)/t25-,30+;/m1./s1. The van der Waals surface area contributed by atoms with Crippen LogP contribution in [0.4, 0.5) is 0 Å². The number of hydrogen-bond donors (Lipinski definition) is 5. The van der Waals surface area contributed by atoms with Crippen LogP contribution in [0.2, 0.25) is 0 Å². The van der Waals surface area contributed by atoms with E-state index in [-0.39, 0.29) is 37.9 Å². The van der Waals surface area contributed by atoms with Crippen LogP contribution in [-0.2, 0) is 38.6 Å². The van der Waals surface area contributed by atoms with E-state index in [0.717, 1.165) is 35.8 Å². The van der Waals surface area contributed by atoms with Crippen molar-refractivity contribution in [2.45, 2.75) is 65.6 Å². The maximum Gasteiger partial charge on any atom is 0.300 e. The maximum absolute atomic E-state index is 13.6. The number of benzene rings is 2. The highest BCUT2D eigenvalue weighted by molar-refractivity contribution is 5.99. The average Bonchev–Trinajstić information content (AvgIpc) is 3.47. The summed E-state index contributed by atoms with van der Waals surface area (Å²) in [6.07, 6.45) is 4.46. The van der Waals surface area contributed by atoms with Gasteiger partial charge in [-0.05, 0) is 55.2 Å². The molecule has 2 atom stereocenters. The Morgan fingerprint density at radius 3 is 2.30 bits per heavy atom. The molecule has 0 aliphatic carbocycles. The Morgan fingerprint density at radius 2 is 1.61 bits per heavy atom. The topological polar surface area (TPSA) is 205 Å². The van der Waals surface area contributed by atoms with Gasteiger partial charge in [0.2, 0.25) is 17.7 Å². The molecular formula is C39H48N8O7. The number of aryl methyl sites for hydroxylation is 1. The molecule has 286 valence electrons. The van der Waals surface area contributed by atoms with Crippen molar-refractivity contribution in [1.82, 2.24) is 40.7 Å². The third kappa shape index (κ3) is 12.0. The number of nitrogens with zero attached hydrogens (tertiary/aromatic N) is 4. The summed E-state index contributed by atoms with van der Waals surface area (Å²) in [5.74, 6) is -1.83. The minimum absolute atomic E-state index is 0.0196. The summed E-state index contributed by atoms with van der Waals surface area (Å²) < 4.78 is 2.09.